The van der Waals surface area contributed by atoms with E-state index in [1.807, 2.05) is 0 Å². The van der Waals surface area contributed by atoms with Crippen LogP contribution in [0.4, 0.5) is 0 Å². The minimum atomic E-state index is -0.226. The van der Waals surface area contributed by atoms with Gasteiger partial charge in [-0.3, -0.25) is 9.36 Å². The predicted molar refractivity (Wildman–Crippen MR) is 48.8 cm³/mol. The van der Waals surface area contributed by atoms with Crippen molar-refractivity contribution in [3.63, 3.8) is 0 Å². The quantitative estimate of drug-likeness (QED) is 0.687. The van der Waals surface area contributed by atoms with Crippen LogP contribution in [0.25, 0.3) is 0 Å². The van der Waals surface area contributed by atoms with Crippen LogP contribution in [0.15, 0.2) is 17.1 Å². The SMILES string of the molecule is O=c1c(Cl)[c]ccn1[C@@H]1CCCO1. The Kier molecular flexibility index (Phi) is 2.38. The Balaban J connectivity index is 2.39. The molecular formula is C9H9ClNO2. The maximum Gasteiger partial charge on any atom is 0.272 e. The Hall–Kier alpha value is -0.800. The summed E-state index contributed by atoms with van der Waals surface area (Å²) < 4.78 is 6.88. The number of nitrogens with zero attached hydrogens (tertiary/aromatic N) is 1. The first kappa shape index (κ1) is 8.78. The van der Waals surface area contributed by atoms with Gasteiger partial charge in [0.2, 0.25) is 0 Å². The number of aromatic nitrogens is 1. The van der Waals surface area contributed by atoms with Crippen LogP contribution in [0.3, 0.4) is 0 Å². The standard InChI is InChI=1S/C9H9ClNO2/c10-7-3-1-5-11(9(7)12)8-4-2-6-13-8/h1,5,8H,2,4,6H2/t8-/m0/s1. The van der Waals surface area contributed by atoms with Gasteiger partial charge in [-0.05, 0) is 18.9 Å². The van der Waals surface area contributed by atoms with E-state index in [0.29, 0.717) is 6.61 Å². The van der Waals surface area contributed by atoms with Gasteiger partial charge in [-0.2, -0.15) is 0 Å². The van der Waals surface area contributed by atoms with Gasteiger partial charge in [-0.25, -0.2) is 0 Å². The Bertz CT molecular complexity index is 355. The van der Waals surface area contributed by atoms with E-state index in [4.69, 9.17) is 16.3 Å². The van der Waals surface area contributed by atoms with Gasteiger partial charge in [-0.15, -0.1) is 0 Å². The fraction of sp³-hybridized carbons (Fsp3) is 0.444. The minimum absolute atomic E-state index is 0.123. The normalized spacial score (nSPS) is 22.1. The number of hydrogen-bond acceptors (Lipinski definition) is 2. The molecule has 2 rings (SSSR count). The maximum atomic E-state index is 11.5. The van der Waals surface area contributed by atoms with Gasteiger partial charge in [-0.1, -0.05) is 11.6 Å². The molecule has 0 amide bonds. The van der Waals surface area contributed by atoms with Crippen molar-refractivity contribution < 1.29 is 4.74 Å². The molecule has 3 nitrogen and oxygen atoms in total. The molecule has 1 aliphatic heterocycles. The van der Waals surface area contributed by atoms with Gasteiger partial charge in [0.1, 0.15) is 11.3 Å². The highest BCUT2D eigenvalue weighted by atomic mass is 35.5. The third-order valence-corrected chi connectivity index (χ3v) is 2.35. The molecule has 2 heterocycles. The number of ether oxygens (including phenoxy) is 1. The van der Waals surface area contributed by atoms with Crippen molar-refractivity contribution in [3.05, 3.63) is 33.7 Å². The van der Waals surface area contributed by atoms with Crippen LogP contribution in [-0.2, 0) is 4.74 Å². The minimum Gasteiger partial charge on any atom is -0.358 e. The number of pyridine rings is 1. The van der Waals surface area contributed by atoms with Crippen LogP contribution < -0.4 is 5.56 Å². The van der Waals surface area contributed by atoms with Crippen LogP contribution in [0.5, 0.6) is 0 Å². The van der Waals surface area contributed by atoms with Gasteiger partial charge in [0.05, 0.1) is 0 Å². The molecule has 0 N–H and O–H groups in total. The fourth-order valence-electron chi connectivity index (χ4n) is 1.44. The molecular weight excluding hydrogens is 190 g/mol. The van der Waals surface area contributed by atoms with Crippen LogP contribution >= 0.6 is 11.6 Å². The van der Waals surface area contributed by atoms with E-state index in [1.54, 1.807) is 12.3 Å². The summed E-state index contributed by atoms with van der Waals surface area (Å²) in [6.07, 6.45) is 3.39. The maximum absolute atomic E-state index is 11.5. The van der Waals surface area contributed by atoms with Gasteiger partial charge in [0.15, 0.2) is 0 Å². The van der Waals surface area contributed by atoms with Gasteiger partial charge < -0.3 is 4.74 Å². The van der Waals surface area contributed by atoms with E-state index < -0.39 is 0 Å². The van der Waals surface area contributed by atoms with Crippen molar-refractivity contribution in [2.24, 2.45) is 0 Å². The summed E-state index contributed by atoms with van der Waals surface area (Å²) >= 11 is 5.65. The van der Waals surface area contributed by atoms with E-state index in [1.165, 1.54) is 4.57 Å². The van der Waals surface area contributed by atoms with E-state index in [2.05, 4.69) is 6.07 Å². The lowest BCUT2D eigenvalue weighted by Gasteiger charge is -2.12. The van der Waals surface area contributed by atoms with Crippen LogP contribution in [-0.4, -0.2) is 11.2 Å². The number of rotatable bonds is 1. The third-order valence-electron chi connectivity index (χ3n) is 2.08. The first-order chi connectivity index (χ1) is 6.29. The zero-order chi connectivity index (χ0) is 9.26. The molecule has 0 unspecified atom stereocenters. The average molecular weight is 199 g/mol. The van der Waals surface area contributed by atoms with Gasteiger partial charge in [0.25, 0.3) is 5.56 Å². The van der Waals surface area contributed by atoms with Crippen LogP contribution in [0.1, 0.15) is 19.1 Å². The predicted octanol–water partition coefficient (Wildman–Crippen LogP) is 1.61. The molecule has 13 heavy (non-hydrogen) atoms. The third kappa shape index (κ3) is 1.62. The molecule has 0 bridgehead atoms. The molecule has 1 atom stereocenters. The highest BCUT2D eigenvalue weighted by Gasteiger charge is 2.18. The fourth-order valence-corrected chi connectivity index (χ4v) is 1.60. The zero-order valence-electron chi connectivity index (χ0n) is 7.00. The summed E-state index contributed by atoms with van der Waals surface area (Å²) in [4.78, 5) is 11.5. The topological polar surface area (TPSA) is 31.2 Å². The molecule has 4 heteroatoms. The molecule has 0 spiro atoms. The van der Waals surface area contributed by atoms with Crippen molar-refractivity contribution in [1.82, 2.24) is 4.57 Å². The van der Waals surface area contributed by atoms with E-state index in [9.17, 15) is 4.79 Å². The summed E-state index contributed by atoms with van der Waals surface area (Å²) in [5, 5.41) is 0.123. The van der Waals surface area contributed by atoms with Crippen molar-refractivity contribution in [1.29, 1.82) is 0 Å². The molecule has 1 fully saturated rings. The smallest absolute Gasteiger partial charge is 0.272 e. The second kappa shape index (κ2) is 3.52. The Morgan fingerprint density at radius 1 is 1.69 bits per heavy atom. The molecule has 1 radical (unpaired) electrons. The van der Waals surface area contributed by atoms with Crippen molar-refractivity contribution in [2.75, 3.05) is 6.61 Å². The van der Waals surface area contributed by atoms with Gasteiger partial charge in [0, 0.05) is 18.9 Å². The summed E-state index contributed by atoms with van der Waals surface area (Å²) in [6, 6.07) is 4.27. The summed E-state index contributed by atoms with van der Waals surface area (Å²) in [5.41, 5.74) is -0.226. The summed E-state index contributed by atoms with van der Waals surface area (Å²) in [6.45, 7) is 0.716. The molecule has 69 valence electrons. The molecule has 1 aromatic rings. The Morgan fingerprint density at radius 2 is 2.54 bits per heavy atom. The second-order valence-corrected chi connectivity index (χ2v) is 3.33. The lowest BCUT2D eigenvalue weighted by Crippen LogP contribution is -2.23. The van der Waals surface area contributed by atoms with Crippen molar-refractivity contribution in [2.45, 2.75) is 19.1 Å². The molecule has 0 saturated carbocycles. The highest BCUT2D eigenvalue weighted by Crippen LogP contribution is 2.21. The molecule has 1 aromatic heterocycles. The second-order valence-electron chi connectivity index (χ2n) is 2.95. The first-order valence-corrected chi connectivity index (χ1v) is 4.57. The average Bonchev–Trinajstić information content (AvgIpc) is 2.62. The van der Waals surface area contributed by atoms with Crippen molar-refractivity contribution in [3.8, 4) is 0 Å². The monoisotopic (exact) mass is 198 g/mol. The van der Waals surface area contributed by atoms with E-state index in [0.717, 1.165) is 12.8 Å². The lowest BCUT2D eigenvalue weighted by molar-refractivity contribution is 0.0538. The Labute approximate surface area is 80.9 Å². The Morgan fingerprint density at radius 3 is 3.23 bits per heavy atom. The number of halogens is 1. The highest BCUT2D eigenvalue weighted by molar-refractivity contribution is 6.30. The van der Waals surface area contributed by atoms with Crippen LogP contribution in [0.2, 0.25) is 5.02 Å². The molecule has 1 aliphatic rings. The van der Waals surface area contributed by atoms with Crippen molar-refractivity contribution >= 4 is 11.6 Å². The van der Waals surface area contributed by atoms with E-state index in [-0.39, 0.29) is 16.8 Å². The summed E-state index contributed by atoms with van der Waals surface area (Å²) in [5.74, 6) is 0. The number of hydrogen-bond donors (Lipinski definition) is 0. The van der Waals surface area contributed by atoms with Crippen LogP contribution in [0, 0.1) is 6.07 Å². The lowest BCUT2D eigenvalue weighted by atomic mass is 10.3. The van der Waals surface area contributed by atoms with E-state index >= 15 is 0 Å². The summed E-state index contributed by atoms with van der Waals surface area (Å²) in [7, 11) is 0. The molecule has 0 aliphatic carbocycles. The molecule has 0 aromatic carbocycles. The largest absolute Gasteiger partial charge is 0.358 e. The molecule has 1 saturated heterocycles. The first-order valence-electron chi connectivity index (χ1n) is 4.19. The van der Waals surface area contributed by atoms with Gasteiger partial charge >= 0.3 is 0 Å². The zero-order valence-corrected chi connectivity index (χ0v) is 7.75.